The van der Waals surface area contributed by atoms with Crippen LogP contribution in [0.1, 0.15) is 25.0 Å². The Hall–Kier alpha value is -1.34. The molecule has 0 spiro atoms. The molecule has 0 aliphatic rings. The van der Waals surface area contributed by atoms with Crippen molar-refractivity contribution < 1.29 is 13.9 Å². The van der Waals surface area contributed by atoms with Gasteiger partial charge in [-0.25, -0.2) is 0 Å². The number of hydrogen-bond donors (Lipinski definition) is 0. The first-order valence-corrected chi connectivity index (χ1v) is 7.54. The van der Waals surface area contributed by atoms with E-state index < -0.39 is 0 Å². The van der Waals surface area contributed by atoms with Crippen molar-refractivity contribution >= 4 is 29.1 Å². The first-order valence-electron chi connectivity index (χ1n) is 5.72. The Labute approximate surface area is 119 Å². The van der Waals surface area contributed by atoms with Gasteiger partial charge in [0.1, 0.15) is 5.25 Å². The summed E-state index contributed by atoms with van der Waals surface area (Å²) in [6, 6.07) is 3.86. The number of rotatable bonds is 5. The van der Waals surface area contributed by atoms with E-state index in [1.54, 1.807) is 18.3 Å². The molecule has 0 saturated carbocycles. The maximum atomic E-state index is 11.4. The van der Waals surface area contributed by atoms with E-state index in [1.807, 2.05) is 24.4 Å². The fourth-order valence-electron chi connectivity index (χ4n) is 1.48. The van der Waals surface area contributed by atoms with Gasteiger partial charge in [0, 0.05) is 0 Å². The molecule has 2 aromatic heterocycles. The van der Waals surface area contributed by atoms with Gasteiger partial charge in [0.2, 0.25) is 5.89 Å². The number of carbonyl (C=O) groups is 1. The number of ether oxygens (including phenoxy) is 1. The lowest BCUT2D eigenvalue weighted by atomic mass is 10.5. The van der Waals surface area contributed by atoms with Gasteiger partial charge in [0.15, 0.2) is 0 Å². The second-order valence-corrected chi connectivity index (χ2v) is 6.50. The van der Waals surface area contributed by atoms with Gasteiger partial charge in [-0.2, -0.15) is 0 Å². The van der Waals surface area contributed by atoms with E-state index in [-0.39, 0.29) is 16.5 Å². The van der Waals surface area contributed by atoms with Crippen molar-refractivity contribution in [3.05, 3.63) is 23.4 Å². The molecule has 2 atom stereocenters. The summed E-state index contributed by atoms with van der Waals surface area (Å²) in [6.45, 7) is 3.72. The monoisotopic (exact) mass is 298 g/mol. The van der Waals surface area contributed by atoms with Crippen LogP contribution in [-0.4, -0.2) is 28.5 Å². The van der Waals surface area contributed by atoms with Gasteiger partial charge < -0.3 is 9.15 Å². The molecule has 2 heterocycles. The van der Waals surface area contributed by atoms with E-state index in [4.69, 9.17) is 4.42 Å². The summed E-state index contributed by atoms with van der Waals surface area (Å²) < 4.78 is 10.3. The SMILES string of the molecule is COC(=O)[C@H](C)S[C@H](C)c1nnc(-c2cccs2)o1. The molecule has 5 nitrogen and oxygen atoms in total. The van der Waals surface area contributed by atoms with Gasteiger partial charge >= 0.3 is 5.97 Å². The Bertz CT molecular complexity index is 539. The molecule has 102 valence electrons. The molecule has 19 heavy (non-hydrogen) atoms. The molecule has 0 fully saturated rings. The number of thioether (sulfide) groups is 1. The Kier molecular flexibility index (Phi) is 4.60. The van der Waals surface area contributed by atoms with Crippen LogP contribution in [0.3, 0.4) is 0 Å². The first-order chi connectivity index (χ1) is 9.11. The molecule has 0 radical (unpaired) electrons. The Morgan fingerprint density at radius 2 is 2.26 bits per heavy atom. The van der Waals surface area contributed by atoms with Crippen molar-refractivity contribution in [2.24, 2.45) is 0 Å². The highest BCUT2D eigenvalue weighted by Gasteiger charge is 2.22. The molecule has 2 rings (SSSR count). The molecular formula is C12H14N2O3S2. The van der Waals surface area contributed by atoms with Crippen molar-refractivity contribution in [1.82, 2.24) is 10.2 Å². The molecule has 0 aliphatic carbocycles. The number of esters is 1. The molecule has 2 aromatic rings. The molecule has 7 heteroatoms. The fraction of sp³-hybridized carbons (Fsp3) is 0.417. The summed E-state index contributed by atoms with van der Waals surface area (Å²) in [5.41, 5.74) is 0. The Balaban J connectivity index is 2.04. The molecule has 0 aliphatic heterocycles. The summed E-state index contributed by atoms with van der Waals surface area (Å²) in [4.78, 5) is 12.3. The third kappa shape index (κ3) is 3.36. The largest absolute Gasteiger partial charge is 0.468 e. The molecule has 0 unspecified atom stereocenters. The van der Waals surface area contributed by atoms with Crippen LogP contribution in [0.2, 0.25) is 0 Å². The molecule has 0 aromatic carbocycles. The van der Waals surface area contributed by atoms with E-state index in [1.165, 1.54) is 18.9 Å². The van der Waals surface area contributed by atoms with Gasteiger partial charge in [0.25, 0.3) is 5.89 Å². The molecule has 0 N–H and O–H groups in total. The lowest BCUT2D eigenvalue weighted by Crippen LogP contribution is -2.15. The minimum Gasteiger partial charge on any atom is -0.468 e. The van der Waals surface area contributed by atoms with E-state index in [0.29, 0.717) is 11.8 Å². The average Bonchev–Trinajstić information content (AvgIpc) is 3.07. The predicted octanol–water partition coefficient (Wildman–Crippen LogP) is 3.15. The van der Waals surface area contributed by atoms with Crippen LogP contribution in [0.5, 0.6) is 0 Å². The third-order valence-corrected chi connectivity index (χ3v) is 4.53. The Morgan fingerprint density at radius 1 is 1.47 bits per heavy atom. The minimum atomic E-state index is -0.267. The zero-order valence-corrected chi connectivity index (χ0v) is 12.5. The standard InChI is InChI=1S/C12H14N2O3S2/c1-7(19-8(2)12(15)16-3)10-13-14-11(17-10)9-5-4-6-18-9/h4-8H,1-3H3/t7-,8+/m1/s1. The average molecular weight is 298 g/mol. The van der Waals surface area contributed by atoms with Gasteiger partial charge in [-0.05, 0) is 25.3 Å². The minimum absolute atomic E-state index is 0.0599. The van der Waals surface area contributed by atoms with Crippen LogP contribution in [0.25, 0.3) is 10.8 Å². The van der Waals surface area contributed by atoms with Crippen molar-refractivity contribution in [2.75, 3.05) is 7.11 Å². The third-order valence-electron chi connectivity index (χ3n) is 2.46. The fourth-order valence-corrected chi connectivity index (χ4v) is 3.16. The van der Waals surface area contributed by atoms with Crippen LogP contribution in [-0.2, 0) is 9.53 Å². The van der Waals surface area contributed by atoms with Crippen LogP contribution in [0.4, 0.5) is 0 Å². The highest BCUT2D eigenvalue weighted by atomic mass is 32.2. The quantitative estimate of drug-likeness (QED) is 0.790. The molecular weight excluding hydrogens is 284 g/mol. The highest BCUT2D eigenvalue weighted by molar-refractivity contribution is 8.00. The van der Waals surface area contributed by atoms with Crippen molar-refractivity contribution in [3.63, 3.8) is 0 Å². The summed E-state index contributed by atoms with van der Waals surface area (Å²) in [6.07, 6.45) is 0. The highest BCUT2D eigenvalue weighted by Crippen LogP contribution is 2.33. The van der Waals surface area contributed by atoms with Crippen LogP contribution < -0.4 is 0 Å². The lowest BCUT2D eigenvalue weighted by Gasteiger charge is -2.11. The van der Waals surface area contributed by atoms with E-state index >= 15 is 0 Å². The van der Waals surface area contributed by atoms with E-state index in [2.05, 4.69) is 14.9 Å². The van der Waals surface area contributed by atoms with Gasteiger partial charge in [0.05, 0.1) is 17.2 Å². The first kappa shape index (κ1) is 14.1. The zero-order valence-electron chi connectivity index (χ0n) is 10.8. The van der Waals surface area contributed by atoms with Gasteiger partial charge in [-0.3, -0.25) is 4.79 Å². The Morgan fingerprint density at radius 3 is 2.89 bits per heavy atom. The lowest BCUT2D eigenvalue weighted by molar-refractivity contribution is -0.139. The summed E-state index contributed by atoms with van der Waals surface area (Å²) in [5.74, 6) is 0.780. The predicted molar refractivity (Wildman–Crippen MR) is 75.1 cm³/mol. The molecule has 0 amide bonds. The number of hydrogen-bond acceptors (Lipinski definition) is 7. The normalized spacial score (nSPS) is 14.1. The summed E-state index contributed by atoms with van der Waals surface area (Å²) in [7, 11) is 1.38. The molecule has 0 bridgehead atoms. The van der Waals surface area contributed by atoms with Crippen molar-refractivity contribution in [1.29, 1.82) is 0 Å². The number of thiophene rings is 1. The van der Waals surface area contributed by atoms with Crippen LogP contribution in [0.15, 0.2) is 21.9 Å². The smallest absolute Gasteiger partial charge is 0.318 e. The van der Waals surface area contributed by atoms with E-state index in [0.717, 1.165) is 4.88 Å². The van der Waals surface area contributed by atoms with Crippen LogP contribution >= 0.6 is 23.1 Å². The maximum absolute atomic E-state index is 11.4. The summed E-state index contributed by atoms with van der Waals surface area (Å²) >= 11 is 2.97. The van der Waals surface area contributed by atoms with Gasteiger partial charge in [-0.15, -0.1) is 33.3 Å². The number of methoxy groups -OCH3 is 1. The van der Waals surface area contributed by atoms with E-state index in [9.17, 15) is 4.79 Å². The second-order valence-electron chi connectivity index (χ2n) is 3.87. The summed E-state index contributed by atoms with van der Waals surface area (Å²) in [5, 5.41) is 9.67. The number of aromatic nitrogens is 2. The molecule has 0 saturated heterocycles. The number of carbonyl (C=O) groups excluding carboxylic acids is 1. The topological polar surface area (TPSA) is 65.2 Å². The second kappa shape index (κ2) is 6.21. The zero-order chi connectivity index (χ0) is 13.8. The van der Waals surface area contributed by atoms with Crippen LogP contribution in [0, 0.1) is 0 Å². The maximum Gasteiger partial charge on any atom is 0.318 e. The van der Waals surface area contributed by atoms with Crippen molar-refractivity contribution in [3.8, 4) is 10.8 Å². The van der Waals surface area contributed by atoms with Crippen molar-refractivity contribution in [2.45, 2.75) is 24.3 Å². The number of nitrogens with zero attached hydrogens (tertiary/aromatic N) is 2. The van der Waals surface area contributed by atoms with Gasteiger partial charge in [-0.1, -0.05) is 6.07 Å².